The van der Waals surface area contributed by atoms with Gasteiger partial charge in [0.2, 0.25) is 0 Å². The second-order valence-corrected chi connectivity index (χ2v) is 3.59. The van der Waals surface area contributed by atoms with E-state index < -0.39 is 0 Å². The van der Waals surface area contributed by atoms with Gasteiger partial charge < -0.3 is 0 Å². The van der Waals surface area contributed by atoms with Crippen molar-refractivity contribution >= 4 is 0 Å². The van der Waals surface area contributed by atoms with E-state index >= 15 is 0 Å². The summed E-state index contributed by atoms with van der Waals surface area (Å²) in [5, 5.41) is 1.89. The molecule has 0 atom stereocenters. The van der Waals surface area contributed by atoms with E-state index in [4.69, 9.17) is 5.84 Å². The van der Waals surface area contributed by atoms with Crippen LogP contribution in [0.25, 0.3) is 0 Å². The molecule has 0 radical (unpaired) electrons. The molecule has 10 heavy (non-hydrogen) atoms. The Bertz CT molecular complexity index is 97.4. The summed E-state index contributed by atoms with van der Waals surface area (Å²) in [6.45, 7) is 11.7. The number of hydrazine groups is 1. The maximum Gasteiger partial charge on any atom is 0.0318 e. The first kappa shape index (κ1) is 9.92. The molecular weight excluding hydrogens is 124 g/mol. The van der Waals surface area contributed by atoms with Crippen LogP contribution in [0.15, 0.2) is 0 Å². The zero-order valence-electron chi connectivity index (χ0n) is 7.81. The SMILES string of the molecule is CCN(N)C(C)(C)C(C)C. The van der Waals surface area contributed by atoms with Crippen LogP contribution in [0.5, 0.6) is 0 Å². The van der Waals surface area contributed by atoms with E-state index in [1.54, 1.807) is 0 Å². The largest absolute Gasteiger partial charge is 0.268 e. The van der Waals surface area contributed by atoms with Gasteiger partial charge in [0.15, 0.2) is 0 Å². The smallest absolute Gasteiger partial charge is 0.0318 e. The van der Waals surface area contributed by atoms with Crippen molar-refractivity contribution in [3.8, 4) is 0 Å². The van der Waals surface area contributed by atoms with Gasteiger partial charge in [-0.1, -0.05) is 20.8 Å². The molecule has 0 heterocycles. The van der Waals surface area contributed by atoms with Crippen molar-refractivity contribution in [2.24, 2.45) is 11.8 Å². The lowest BCUT2D eigenvalue weighted by atomic mass is 9.90. The first-order valence-electron chi connectivity index (χ1n) is 3.95. The van der Waals surface area contributed by atoms with Crippen LogP contribution in [-0.2, 0) is 0 Å². The number of nitrogens with two attached hydrogens (primary N) is 1. The van der Waals surface area contributed by atoms with Crippen molar-refractivity contribution in [2.45, 2.75) is 40.2 Å². The van der Waals surface area contributed by atoms with E-state index in [1.807, 2.05) is 5.01 Å². The molecule has 0 rings (SSSR count). The van der Waals surface area contributed by atoms with Crippen molar-refractivity contribution < 1.29 is 0 Å². The Morgan fingerprint density at radius 3 is 1.90 bits per heavy atom. The highest BCUT2D eigenvalue weighted by atomic mass is 15.4. The number of nitrogens with zero attached hydrogens (tertiary/aromatic N) is 1. The lowest BCUT2D eigenvalue weighted by molar-refractivity contribution is 0.0828. The van der Waals surface area contributed by atoms with Gasteiger partial charge in [0.25, 0.3) is 0 Å². The Kier molecular flexibility index (Phi) is 3.33. The monoisotopic (exact) mass is 144 g/mol. The van der Waals surface area contributed by atoms with Gasteiger partial charge in [0, 0.05) is 12.1 Å². The van der Waals surface area contributed by atoms with Gasteiger partial charge in [-0.15, -0.1) is 0 Å². The zero-order valence-corrected chi connectivity index (χ0v) is 7.81. The van der Waals surface area contributed by atoms with Gasteiger partial charge in [-0.05, 0) is 19.8 Å². The van der Waals surface area contributed by atoms with Crippen LogP contribution < -0.4 is 5.84 Å². The van der Waals surface area contributed by atoms with Crippen LogP contribution in [0.1, 0.15) is 34.6 Å². The summed E-state index contributed by atoms with van der Waals surface area (Å²) in [6.07, 6.45) is 0. The van der Waals surface area contributed by atoms with Crippen LogP contribution in [0.4, 0.5) is 0 Å². The van der Waals surface area contributed by atoms with Crippen molar-refractivity contribution in [1.82, 2.24) is 5.01 Å². The molecule has 0 aromatic rings. The van der Waals surface area contributed by atoms with Crippen molar-refractivity contribution in [3.05, 3.63) is 0 Å². The van der Waals surface area contributed by atoms with Crippen LogP contribution in [0, 0.1) is 5.92 Å². The summed E-state index contributed by atoms with van der Waals surface area (Å²) in [6, 6.07) is 0. The second kappa shape index (κ2) is 3.35. The minimum absolute atomic E-state index is 0.120. The maximum absolute atomic E-state index is 5.78. The highest BCUT2D eigenvalue weighted by molar-refractivity contribution is 4.80. The predicted molar refractivity (Wildman–Crippen MR) is 45.5 cm³/mol. The number of hydrogen-bond donors (Lipinski definition) is 1. The highest BCUT2D eigenvalue weighted by Gasteiger charge is 2.26. The zero-order chi connectivity index (χ0) is 8.36. The van der Waals surface area contributed by atoms with Crippen molar-refractivity contribution in [1.29, 1.82) is 0 Å². The standard InChI is InChI=1S/C8H20N2/c1-6-10(9)8(4,5)7(2)3/h7H,6,9H2,1-5H3. The molecule has 2 nitrogen and oxygen atoms in total. The van der Waals surface area contributed by atoms with Gasteiger partial charge in [0.1, 0.15) is 0 Å². The fraction of sp³-hybridized carbons (Fsp3) is 1.00. The molecule has 0 saturated carbocycles. The molecule has 0 aromatic carbocycles. The van der Waals surface area contributed by atoms with Crippen molar-refractivity contribution in [2.75, 3.05) is 6.54 Å². The molecule has 0 spiro atoms. The normalized spacial score (nSPS) is 13.2. The van der Waals surface area contributed by atoms with E-state index in [2.05, 4.69) is 34.6 Å². The number of rotatable bonds is 3. The summed E-state index contributed by atoms with van der Waals surface area (Å²) in [5.74, 6) is 6.38. The maximum atomic E-state index is 5.78. The number of hydrogen-bond acceptors (Lipinski definition) is 2. The van der Waals surface area contributed by atoms with Crippen molar-refractivity contribution in [3.63, 3.8) is 0 Å². The van der Waals surface area contributed by atoms with Crippen LogP contribution in [0.2, 0.25) is 0 Å². The average Bonchev–Trinajstić information content (AvgIpc) is 1.86. The Balaban J connectivity index is 4.09. The van der Waals surface area contributed by atoms with Gasteiger partial charge in [-0.3, -0.25) is 5.84 Å². The molecule has 0 aliphatic rings. The van der Waals surface area contributed by atoms with Gasteiger partial charge in [-0.25, -0.2) is 5.01 Å². The van der Waals surface area contributed by atoms with Crippen LogP contribution in [0.3, 0.4) is 0 Å². The van der Waals surface area contributed by atoms with E-state index in [9.17, 15) is 0 Å². The molecule has 0 aliphatic heterocycles. The average molecular weight is 144 g/mol. The van der Waals surface area contributed by atoms with E-state index in [0.29, 0.717) is 5.92 Å². The Hall–Kier alpha value is -0.0800. The van der Waals surface area contributed by atoms with Crippen LogP contribution >= 0.6 is 0 Å². The minimum atomic E-state index is 0.120. The first-order valence-corrected chi connectivity index (χ1v) is 3.95. The molecule has 0 aliphatic carbocycles. The quantitative estimate of drug-likeness (QED) is 0.481. The molecular formula is C8H20N2. The fourth-order valence-electron chi connectivity index (χ4n) is 0.739. The molecule has 0 amide bonds. The summed E-state index contributed by atoms with van der Waals surface area (Å²) in [5.41, 5.74) is 0.120. The molecule has 2 N–H and O–H groups in total. The topological polar surface area (TPSA) is 29.3 Å². The third-order valence-electron chi connectivity index (χ3n) is 2.49. The predicted octanol–water partition coefficient (Wildman–Crippen LogP) is 1.62. The van der Waals surface area contributed by atoms with Gasteiger partial charge >= 0.3 is 0 Å². The molecule has 62 valence electrons. The van der Waals surface area contributed by atoms with Crippen LogP contribution in [-0.4, -0.2) is 17.1 Å². The second-order valence-electron chi connectivity index (χ2n) is 3.59. The molecule has 0 saturated heterocycles. The van der Waals surface area contributed by atoms with E-state index in [0.717, 1.165) is 6.54 Å². The third kappa shape index (κ3) is 1.96. The Labute approximate surface area is 64.4 Å². The Morgan fingerprint density at radius 1 is 1.40 bits per heavy atom. The highest BCUT2D eigenvalue weighted by Crippen LogP contribution is 2.20. The molecule has 0 fully saturated rings. The minimum Gasteiger partial charge on any atom is -0.268 e. The molecule has 0 unspecified atom stereocenters. The summed E-state index contributed by atoms with van der Waals surface area (Å²) >= 11 is 0. The summed E-state index contributed by atoms with van der Waals surface area (Å²) in [7, 11) is 0. The molecule has 0 aromatic heterocycles. The van der Waals surface area contributed by atoms with E-state index in [-0.39, 0.29) is 5.54 Å². The Morgan fingerprint density at radius 2 is 1.80 bits per heavy atom. The van der Waals surface area contributed by atoms with Gasteiger partial charge in [0.05, 0.1) is 0 Å². The van der Waals surface area contributed by atoms with E-state index in [1.165, 1.54) is 0 Å². The molecule has 0 bridgehead atoms. The van der Waals surface area contributed by atoms with Gasteiger partial charge in [-0.2, -0.15) is 0 Å². The summed E-state index contributed by atoms with van der Waals surface area (Å²) in [4.78, 5) is 0. The first-order chi connectivity index (χ1) is 4.42. The fourth-order valence-corrected chi connectivity index (χ4v) is 0.739. The summed E-state index contributed by atoms with van der Waals surface area (Å²) < 4.78 is 0. The lowest BCUT2D eigenvalue weighted by Gasteiger charge is -2.37. The lowest BCUT2D eigenvalue weighted by Crippen LogP contribution is -2.51. The molecule has 2 heteroatoms. The third-order valence-corrected chi connectivity index (χ3v) is 2.49.